The smallest absolute Gasteiger partial charge is 0.0589 e. The average Bonchev–Trinajstić information content (AvgIpc) is 2.26. The number of nitrogens with zero attached hydrogens (tertiary/aromatic N) is 1. The highest BCUT2D eigenvalue weighted by Crippen LogP contribution is 2.24. The number of ether oxygens (including phenoxy) is 1. The molecule has 1 aromatic carbocycles. The minimum atomic E-state index is 0.121. The first-order valence-electron chi connectivity index (χ1n) is 5.99. The van der Waals surface area contributed by atoms with Gasteiger partial charge in [0.15, 0.2) is 0 Å². The molecule has 1 aromatic rings. The zero-order valence-electron chi connectivity index (χ0n) is 11.4. The third kappa shape index (κ3) is 4.36. The van der Waals surface area contributed by atoms with E-state index in [4.69, 9.17) is 10.5 Å². The predicted octanol–water partition coefficient (Wildman–Crippen LogP) is 2.12. The maximum absolute atomic E-state index is 5.71. The molecule has 0 saturated carbocycles. The minimum Gasteiger partial charge on any atom is -0.399 e. The molecule has 0 saturated heterocycles. The van der Waals surface area contributed by atoms with Crippen molar-refractivity contribution in [3.8, 4) is 0 Å². The van der Waals surface area contributed by atoms with Gasteiger partial charge in [0.2, 0.25) is 0 Å². The van der Waals surface area contributed by atoms with Crippen LogP contribution in [0.1, 0.15) is 19.4 Å². The maximum atomic E-state index is 5.71. The van der Waals surface area contributed by atoms with E-state index in [1.54, 1.807) is 7.11 Å². The lowest BCUT2D eigenvalue weighted by molar-refractivity contribution is 0.150. The van der Waals surface area contributed by atoms with Gasteiger partial charge in [-0.3, -0.25) is 0 Å². The zero-order chi connectivity index (χ0) is 12.9. The Morgan fingerprint density at radius 2 is 1.82 bits per heavy atom. The van der Waals surface area contributed by atoms with Gasteiger partial charge < -0.3 is 15.4 Å². The zero-order valence-corrected chi connectivity index (χ0v) is 11.4. The van der Waals surface area contributed by atoms with Crippen LogP contribution in [0.2, 0.25) is 0 Å². The fourth-order valence-electron chi connectivity index (χ4n) is 2.03. The Labute approximate surface area is 105 Å². The second-order valence-electron chi connectivity index (χ2n) is 5.24. The molecule has 0 spiro atoms. The largest absolute Gasteiger partial charge is 0.399 e. The number of nitrogens with two attached hydrogens (primary N) is 1. The van der Waals surface area contributed by atoms with Crippen molar-refractivity contribution in [1.29, 1.82) is 0 Å². The van der Waals surface area contributed by atoms with E-state index in [-0.39, 0.29) is 5.41 Å². The maximum Gasteiger partial charge on any atom is 0.0589 e. The van der Waals surface area contributed by atoms with Crippen molar-refractivity contribution in [2.45, 2.75) is 19.3 Å². The number of rotatable bonds is 6. The van der Waals surface area contributed by atoms with Crippen LogP contribution < -0.4 is 5.73 Å². The monoisotopic (exact) mass is 236 g/mol. The summed E-state index contributed by atoms with van der Waals surface area (Å²) in [5.74, 6) is 0. The van der Waals surface area contributed by atoms with Crippen molar-refractivity contribution in [3.63, 3.8) is 0 Å². The van der Waals surface area contributed by atoms with Crippen LogP contribution >= 0.6 is 0 Å². The third-order valence-corrected chi connectivity index (χ3v) is 3.03. The molecule has 0 amide bonds. The van der Waals surface area contributed by atoms with Gasteiger partial charge in [0, 0.05) is 31.3 Å². The molecule has 3 nitrogen and oxygen atoms in total. The Kier molecular flexibility index (Phi) is 4.97. The lowest BCUT2D eigenvalue weighted by atomic mass is 9.84. The molecule has 0 heterocycles. The van der Waals surface area contributed by atoms with Gasteiger partial charge in [-0.25, -0.2) is 0 Å². The molecule has 17 heavy (non-hydrogen) atoms. The first-order valence-corrected chi connectivity index (χ1v) is 5.99. The standard InChI is InChI=1S/C14H24N2O/c1-14(2,11-16(3)9-10-17-4)12-5-7-13(15)8-6-12/h5-8H,9-11,15H2,1-4H3. The van der Waals surface area contributed by atoms with E-state index in [1.807, 2.05) is 12.1 Å². The molecule has 3 heteroatoms. The van der Waals surface area contributed by atoms with Gasteiger partial charge in [0.25, 0.3) is 0 Å². The van der Waals surface area contributed by atoms with Crippen molar-refractivity contribution < 1.29 is 4.74 Å². The second kappa shape index (κ2) is 6.03. The fraction of sp³-hybridized carbons (Fsp3) is 0.571. The van der Waals surface area contributed by atoms with Gasteiger partial charge in [-0.2, -0.15) is 0 Å². The summed E-state index contributed by atoms with van der Waals surface area (Å²) in [5, 5.41) is 0. The van der Waals surface area contributed by atoms with Crippen LogP contribution in [0.5, 0.6) is 0 Å². The molecule has 1 rings (SSSR count). The van der Waals surface area contributed by atoms with Gasteiger partial charge in [-0.05, 0) is 24.7 Å². The van der Waals surface area contributed by atoms with E-state index in [2.05, 4.69) is 37.9 Å². The number of anilines is 1. The number of benzene rings is 1. The summed E-state index contributed by atoms with van der Waals surface area (Å²) in [5.41, 5.74) is 7.96. The summed E-state index contributed by atoms with van der Waals surface area (Å²) in [6.07, 6.45) is 0. The van der Waals surface area contributed by atoms with E-state index >= 15 is 0 Å². The van der Waals surface area contributed by atoms with Crippen LogP contribution in [0.3, 0.4) is 0 Å². The van der Waals surface area contributed by atoms with Crippen LogP contribution in [-0.2, 0) is 10.2 Å². The summed E-state index contributed by atoms with van der Waals surface area (Å²) < 4.78 is 5.09. The lowest BCUT2D eigenvalue weighted by Crippen LogP contribution is -2.36. The molecule has 0 atom stereocenters. The molecular weight excluding hydrogens is 212 g/mol. The van der Waals surface area contributed by atoms with Crippen LogP contribution in [0.25, 0.3) is 0 Å². The third-order valence-electron chi connectivity index (χ3n) is 3.03. The molecule has 0 aliphatic heterocycles. The molecule has 0 aliphatic rings. The van der Waals surface area contributed by atoms with Crippen molar-refractivity contribution in [1.82, 2.24) is 4.90 Å². The molecule has 0 radical (unpaired) electrons. The Balaban J connectivity index is 2.64. The normalized spacial score (nSPS) is 12.1. The topological polar surface area (TPSA) is 38.5 Å². The number of hydrogen-bond donors (Lipinski definition) is 1. The van der Waals surface area contributed by atoms with E-state index in [0.29, 0.717) is 0 Å². The van der Waals surface area contributed by atoms with Gasteiger partial charge >= 0.3 is 0 Å². The van der Waals surface area contributed by atoms with E-state index < -0.39 is 0 Å². The molecule has 0 fully saturated rings. The van der Waals surface area contributed by atoms with Crippen LogP contribution in [0, 0.1) is 0 Å². The molecule has 96 valence electrons. The van der Waals surface area contributed by atoms with Crippen molar-refractivity contribution in [2.75, 3.05) is 39.6 Å². The summed E-state index contributed by atoms with van der Waals surface area (Å²) >= 11 is 0. The van der Waals surface area contributed by atoms with Crippen molar-refractivity contribution in [3.05, 3.63) is 29.8 Å². The average molecular weight is 236 g/mol. The van der Waals surface area contributed by atoms with Crippen LogP contribution in [0.15, 0.2) is 24.3 Å². The van der Waals surface area contributed by atoms with Crippen molar-refractivity contribution >= 4 is 5.69 Å². The molecule has 0 bridgehead atoms. The van der Waals surface area contributed by atoms with Gasteiger partial charge in [-0.15, -0.1) is 0 Å². The van der Waals surface area contributed by atoms with Crippen LogP contribution in [0.4, 0.5) is 5.69 Å². The number of methoxy groups -OCH3 is 1. The first-order chi connectivity index (χ1) is 7.95. The highest BCUT2D eigenvalue weighted by Gasteiger charge is 2.22. The SMILES string of the molecule is COCCN(C)CC(C)(C)c1ccc(N)cc1. The van der Waals surface area contributed by atoms with Crippen LogP contribution in [-0.4, -0.2) is 38.8 Å². The number of hydrogen-bond acceptors (Lipinski definition) is 3. The summed E-state index contributed by atoms with van der Waals surface area (Å²) in [4.78, 5) is 2.29. The molecule has 0 aromatic heterocycles. The molecule has 2 N–H and O–H groups in total. The lowest BCUT2D eigenvalue weighted by Gasteiger charge is -2.30. The highest BCUT2D eigenvalue weighted by molar-refractivity contribution is 5.41. The summed E-state index contributed by atoms with van der Waals surface area (Å²) in [6.45, 7) is 7.23. The summed E-state index contributed by atoms with van der Waals surface area (Å²) in [6, 6.07) is 8.15. The Bertz CT molecular complexity index is 333. The quantitative estimate of drug-likeness (QED) is 0.769. The highest BCUT2D eigenvalue weighted by atomic mass is 16.5. The first kappa shape index (κ1) is 14.0. The Hall–Kier alpha value is -1.06. The van der Waals surface area contributed by atoms with Gasteiger partial charge in [0.1, 0.15) is 0 Å². The van der Waals surface area contributed by atoms with E-state index in [0.717, 1.165) is 25.4 Å². The Morgan fingerprint density at radius 1 is 1.24 bits per heavy atom. The molecule has 0 unspecified atom stereocenters. The second-order valence-corrected chi connectivity index (χ2v) is 5.24. The number of nitrogen functional groups attached to an aromatic ring is 1. The minimum absolute atomic E-state index is 0.121. The van der Waals surface area contributed by atoms with E-state index in [1.165, 1.54) is 5.56 Å². The predicted molar refractivity (Wildman–Crippen MR) is 73.3 cm³/mol. The fourth-order valence-corrected chi connectivity index (χ4v) is 2.03. The van der Waals surface area contributed by atoms with Gasteiger partial charge in [-0.1, -0.05) is 26.0 Å². The Morgan fingerprint density at radius 3 is 2.35 bits per heavy atom. The molecule has 0 aliphatic carbocycles. The molecular formula is C14H24N2O. The van der Waals surface area contributed by atoms with E-state index in [9.17, 15) is 0 Å². The van der Waals surface area contributed by atoms with Gasteiger partial charge in [0.05, 0.1) is 6.61 Å². The van der Waals surface area contributed by atoms with Crippen molar-refractivity contribution in [2.24, 2.45) is 0 Å². The number of likely N-dealkylation sites (N-methyl/N-ethyl adjacent to an activating group) is 1. The summed E-state index contributed by atoms with van der Waals surface area (Å²) in [7, 11) is 3.86.